The van der Waals surface area contributed by atoms with Gasteiger partial charge in [-0.3, -0.25) is 4.79 Å². The molecule has 0 aliphatic carbocycles. The first-order valence-electron chi connectivity index (χ1n) is 5.50. The molecule has 4 nitrogen and oxygen atoms in total. The molecule has 0 saturated heterocycles. The van der Waals surface area contributed by atoms with Crippen LogP contribution in [0.15, 0.2) is 28.7 Å². The molecule has 0 saturated carbocycles. The molecule has 5 heteroatoms. The number of nitrogens with one attached hydrogen (secondary N) is 1. The van der Waals surface area contributed by atoms with Crippen LogP contribution in [0.1, 0.15) is 12.5 Å². The summed E-state index contributed by atoms with van der Waals surface area (Å²) in [5.41, 5.74) is 0.805. The molecule has 0 aromatic heterocycles. The Bertz CT molecular complexity index is 444. The maximum atomic E-state index is 11.4. The van der Waals surface area contributed by atoms with Crippen LogP contribution in [0.5, 0.6) is 5.75 Å². The average Bonchev–Trinajstić information content (AvgIpc) is 2.34. The van der Waals surface area contributed by atoms with E-state index < -0.39 is 6.10 Å². The summed E-state index contributed by atoms with van der Waals surface area (Å²) in [5.74, 6) is 0.440. The number of hydrogen-bond donors (Lipinski definition) is 2. The zero-order valence-electron chi connectivity index (χ0n) is 10.3. The number of methoxy groups -OCH3 is 1. The molecule has 0 radical (unpaired) electrons. The second-order valence-electron chi connectivity index (χ2n) is 3.81. The zero-order valence-corrected chi connectivity index (χ0v) is 11.9. The van der Waals surface area contributed by atoms with Crippen molar-refractivity contribution in [2.24, 2.45) is 0 Å². The van der Waals surface area contributed by atoms with Gasteiger partial charge in [-0.1, -0.05) is 15.9 Å². The van der Waals surface area contributed by atoms with Gasteiger partial charge in [-0.15, -0.1) is 0 Å². The maximum absolute atomic E-state index is 11.4. The van der Waals surface area contributed by atoms with E-state index in [1.54, 1.807) is 20.1 Å². The molecule has 0 fully saturated rings. The van der Waals surface area contributed by atoms with E-state index >= 15 is 0 Å². The van der Waals surface area contributed by atoms with E-state index in [0.717, 1.165) is 10.0 Å². The third kappa shape index (κ3) is 4.89. The van der Waals surface area contributed by atoms with E-state index in [0.29, 0.717) is 5.75 Å². The molecule has 0 aliphatic rings. The van der Waals surface area contributed by atoms with Crippen molar-refractivity contribution in [3.8, 4) is 5.75 Å². The van der Waals surface area contributed by atoms with Crippen molar-refractivity contribution in [1.29, 1.82) is 0 Å². The number of rotatable bonds is 5. The van der Waals surface area contributed by atoms with Gasteiger partial charge in [0.1, 0.15) is 5.75 Å². The lowest BCUT2D eigenvalue weighted by Crippen LogP contribution is -2.28. The van der Waals surface area contributed by atoms with Gasteiger partial charge >= 0.3 is 0 Å². The number of ether oxygens (including phenoxy) is 1. The summed E-state index contributed by atoms with van der Waals surface area (Å²) in [6.07, 6.45) is 2.52. The molecule has 0 bridgehead atoms. The number of benzene rings is 1. The summed E-state index contributed by atoms with van der Waals surface area (Å²) >= 11 is 3.36. The molecule has 1 amide bonds. The fourth-order valence-electron chi connectivity index (χ4n) is 1.31. The third-order valence-electron chi connectivity index (χ3n) is 2.18. The van der Waals surface area contributed by atoms with Crippen LogP contribution in [0.4, 0.5) is 0 Å². The molecule has 0 heterocycles. The van der Waals surface area contributed by atoms with E-state index in [1.807, 2.05) is 18.2 Å². The summed E-state index contributed by atoms with van der Waals surface area (Å²) in [6.45, 7) is 1.85. The van der Waals surface area contributed by atoms with Gasteiger partial charge in [-0.05, 0) is 31.2 Å². The highest BCUT2D eigenvalue weighted by molar-refractivity contribution is 9.10. The Morgan fingerprint density at radius 3 is 2.94 bits per heavy atom. The fourth-order valence-corrected chi connectivity index (χ4v) is 1.69. The quantitative estimate of drug-likeness (QED) is 0.817. The molecule has 0 aliphatic heterocycles. The zero-order chi connectivity index (χ0) is 13.5. The highest BCUT2D eigenvalue weighted by Gasteiger charge is 2.02. The fraction of sp³-hybridized carbons (Fsp3) is 0.308. The van der Waals surface area contributed by atoms with Crippen LogP contribution >= 0.6 is 15.9 Å². The molecule has 98 valence electrons. The first kappa shape index (κ1) is 14.7. The number of carbonyl (C=O) groups is 1. The SMILES string of the molecule is COc1ccc(Br)cc1/C=C/C(=O)NC[C@H](C)O. The van der Waals surface area contributed by atoms with E-state index in [1.165, 1.54) is 6.08 Å². The Balaban J connectivity index is 2.71. The molecule has 1 aromatic carbocycles. The highest BCUT2D eigenvalue weighted by atomic mass is 79.9. The number of halogens is 1. The van der Waals surface area contributed by atoms with Crippen molar-refractivity contribution in [2.75, 3.05) is 13.7 Å². The average molecular weight is 314 g/mol. The van der Waals surface area contributed by atoms with Gasteiger partial charge < -0.3 is 15.2 Å². The largest absolute Gasteiger partial charge is 0.496 e. The van der Waals surface area contributed by atoms with Gasteiger partial charge in [-0.25, -0.2) is 0 Å². The van der Waals surface area contributed by atoms with Crippen LogP contribution in [-0.2, 0) is 4.79 Å². The second kappa shape index (κ2) is 7.18. The van der Waals surface area contributed by atoms with Gasteiger partial charge in [0.15, 0.2) is 0 Å². The lowest BCUT2D eigenvalue weighted by molar-refractivity contribution is -0.116. The molecular weight excluding hydrogens is 298 g/mol. The van der Waals surface area contributed by atoms with E-state index in [4.69, 9.17) is 9.84 Å². The predicted molar refractivity (Wildman–Crippen MR) is 74.4 cm³/mol. The van der Waals surface area contributed by atoms with Crippen molar-refractivity contribution in [2.45, 2.75) is 13.0 Å². The number of carbonyl (C=O) groups excluding carboxylic acids is 1. The first-order chi connectivity index (χ1) is 8.52. The van der Waals surface area contributed by atoms with Gasteiger partial charge in [-0.2, -0.15) is 0 Å². The van der Waals surface area contributed by atoms with Crippen LogP contribution in [-0.4, -0.2) is 30.8 Å². The van der Waals surface area contributed by atoms with Crippen LogP contribution in [0.3, 0.4) is 0 Å². The summed E-state index contributed by atoms with van der Waals surface area (Å²) < 4.78 is 6.10. The molecule has 2 N–H and O–H groups in total. The standard InChI is InChI=1S/C13H16BrNO3/c1-9(16)8-15-13(17)6-3-10-7-11(14)4-5-12(10)18-2/h3-7,9,16H,8H2,1-2H3,(H,15,17)/b6-3+/t9-/m0/s1. The number of hydrogen-bond acceptors (Lipinski definition) is 3. The number of amides is 1. The third-order valence-corrected chi connectivity index (χ3v) is 2.67. The first-order valence-corrected chi connectivity index (χ1v) is 6.29. The Labute approximate surface area is 115 Å². The Morgan fingerprint density at radius 2 is 2.33 bits per heavy atom. The van der Waals surface area contributed by atoms with Crippen molar-refractivity contribution in [3.63, 3.8) is 0 Å². The van der Waals surface area contributed by atoms with E-state index in [9.17, 15) is 4.79 Å². The maximum Gasteiger partial charge on any atom is 0.244 e. The summed E-state index contributed by atoms with van der Waals surface area (Å²) in [5, 5.41) is 11.6. The van der Waals surface area contributed by atoms with Gasteiger partial charge in [0.05, 0.1) is 13.2 Å². The molecule has 1 atom stereocenters. The molecular formula is C13H16BrNO3. The van der Waals surface area contributed by atoms with E-state index in [-0.39, 0.29) is 12.5 Å². The van der Waals surface area contributed by atoms with Crippen molar-refractivity contribution in [3.05, 3.63) is 34.3 Å². The summed E-state index contributed by atoms with van der Waals surface area (Å²) in [4.78, 5) is 11.4. The Hall–Kier alpha value is -1.33. The minimum Gasteiger partial charge on any atom is -0.496 e. The minimum absolute atomic E-state index is 0.235. The van der Waals surface area contributed by atoms with Crippen molar-refractivity contribution in [1.82, 2.24) is 5.32 Å². The lowest BCUT2D eigenvalue weighted by atomic mass is 10.2. The normalized spacial score (nSPS) is 12.4. The molecule has 0 spiro atoms. The monoisotopic (exact) mass is 313 g/mol. The van der Waals surface area contributed by atoms with Crippen LogP contribution in [0, 0.1) is 0 Å². The topological polar surface area (TPSA) is 58.6 Å². The van der Waals surface area contributed by atoms with Crippen molar-refractivity contribution >= 4 is 27.9 Å². The van der Waals surface area contributed by atoms with Crippen LogP contribution in [0.25, 0.3) is 6.08 Å². The number of aliphatic hydroxyl groups excluding tert-OH is 1. The van der Waals surface area contributed by atoms with Crippen LogP contribution in [0.2, 0.25) is 0 Å². The summed E-state index contributed by atoms with van der Waals surface area (Å²) in [7, 11) is 1.58. The Kier molecular flexibility index (Phi) is 5.88. The number of aliphatic hydroxyl groups is 1. The van der Waals surface area contributed by atoms with Crippen LogP contribution < -0.4 is 10.1 Å². The van der Waals surface area contributed by atoms with Gasteiger partial charge in [0.25, 0.3) is 0 Å². The second-order valence-corrected chi connectivity index (χ2v) is 4.73. The smallest absolute Gasteiger partial charge is 0.244 e. The molecule has 1 rings (SSSR count). The predicted octanol–water partition coefficient (Wildman–Crippen LogP) is 1.97. The van der Waals surface area contributed by atoms with Gasteiger partial charge in [0.2, 0.25) is 5.91 Å². The van der Waals surface area contributed by atoms with Gasteiger partial charge in [0, 0.05) is 22.7 Å². The Morgan fingerprint density at radius 1 is 1.61 bits per heavy atom. The lowest BCUT2D eigenvalue weighted by Gasteiger charge is -2.06. The minimum atomic E-state index is -0.553. The molecule has 0 unspecified atom stereocenters. The summed E-state index contributed by atoms with van der Waals surface area (Å²) in [6, 6.07) is 5.54. The highest BCUT2D eigenvalue weighted by Crippen LogP contribution is 2.23. The van der Waals surface area contributed by atoms with Crippen molar-refractivity contribution < 1.29 is 14.6 Å². The molecule has 1 aromatic rings. The van der Waals surface area contributed by atoms with E-state index in [2.05, 4.69) is 21.2 Å². The molecule has 18 heavy (non-hydrogen) atoms.